The lowest BCUT2D eigenvalue weighted by Gasteiger charge is -2.30. The molecule has 0 bridgehead atoms. The Kier molecular flexibility index (Phi) is 8.17. The fourth-order valence-electron chi connectivity index (χ4n) is 8.96. The summed E-state index contributed by atoms with van der Waals surface area (Å²) in [6.45, 7) is 0. The van der Waals surface area contributed by atoms with Gasteiger partial charge in [-0.15, -0.1) is 0 Å². The molecule has 0 saturated heterocycles. The number of nitrogens with one attached hydrogen (secondary N) is 1. The first-order chi connectivity index (χ1) is 30.2. The lowest BCUT2D eigenvalue weighted by molar-refractivity contribution is 0.668. The van der Waals surface area contributed by atoms with E-state index in [9.17, 15) is 0 Å². The van der Waals surface area contributed by atoms with Crippen molar-refractivity contribution in [3.63, 3.8) is 0 Å². The minimum absolute atomic E-state index is 0.101. The zero-order chi connectivity index (χ0) is 40.3. The maximum Gasteiger partial charge on any atom is 0.138 e. The number of furan rings is 2. The van der Waals surface area contributed by atoms with E-state index in [1.165, 1.54) is 5.56 Å². The Morgan fingerprint density at radius 2 is 1.07 bits per heavy atom. The molecule has 288 valence electrons. The third kappa shape index (κ3) is 6.06. The van der Waals surface area contributed by atoms with Gasteiger partial charge in [-0.3, -0.25) is 0 Å². The third-order valence-electron chi connectivity index (χ3n) is 11.9. The van der Waals surface area contributed by atoms with Gasteiger partial charge in [0.2, 0.25) is 0 Å². The van der Waals surface area contributed by atoms with Gasteiger partial charge >= 0.3 is 0 Å². The van der Waals surface area contributed by atoms with E-state index < -0.39 is 0 Å². The highest BCUT2D eigenvalue weighted by Gasteiger charge is 2.28. The average molecular weight is 784 g/mol. The summed E-state index contributed by atoms with van der Waals surface area (Å²) in [4.78, 5) is 7.79. The zero-order valence-electron chi connectivity index (χ0n) is 33.0. The molecule has 2 aromatic heterocycles. The van der Waals surface area contributed by atoms with E-state index in [4.69, 9.17) is 13.8 Å². The van der Waals surface area contributed by atoms with Crippen LogP contribution in [-0.4, -0.2) is 11.8 Å². The lowest BCUT2D eigenvalue weighted by Crippen LogP contribution is -2.37. The van der Waals surface area contributed by atoms with Gasteiger partial charge in [-0.1, -0.05) is 146 Å². The van der Waals surface area contributed by atoms with Crippen molar-refractivity contribution in [2.45, 2.75) is 6.04 Å². The Labute approximate surface area is 352 Å². The first-order valence-corrected chi connectivity index (χ1v) is 20.6. The van der Waals surface area contributed by atoms with Crippen LogP contribution in [0.15, 0.2) is 226 Å². The van der Waals surface area contributed by atoms with Crippen LogP contribution < -0.4 is 10.2 Å². The van der Waals surface area contributed by atoms with Crippen LogP contribution >= 0.6 is 0 Å². The van der Waals surface area contributed by atoms with Gasteiger partial charge in [-0.2, -0.15) is 0 Å². The van der Waals surface area contributed by atoms with Crippen molar-refractivity contribution >= 4 is 78.0 Å². The number of hydrogen-bond donors (Lipinski definition) is 1. The van der Waals surface area contributed by atoms with Crippen LogP contribution in [0, 0.1) is 0 Å². The summed E-state index contributed by atoms with van der Waals surface area (Å²) < 4.78 is 13.1. The summed E-state index contributed by atoms with van der Waals surface area (Å²) in [5, 5.41) is 8.19. The topological polar surface area (TPSA) is 53.9 Å². The molecule has 1 N–H and O–H groups in total. The van der Waals surface area contributed by atoms with Crippen LogP contribution in [0.4, 0.5) is 17.1 Å². The smallest absolute Gasteiger partial charge is 0.138 e. The standard InChI is InChI=1S/C56H37N3O2/c1-3-14-36(15-4-1)38-26-28-41(29-27-38)59(42-30-31-52-46(33-42)44-20-7-11-24-50(44)60-52)43-34-47(54-45-21-8-12-25-51(45)61-53(54)35-43)56-55(57-48-22-9-10-23-49(48)58-56)40-19-13-18-39(32-40)37-16-5-2-6-17-37/h1-35,49,58H. The minimum atomic E-state index is -0.101. The Bertz CT molecular complexity index is 3440. The Morgan fingerprint density at radius 3 is 1.87 bits per heavy atom. The summed E-state index contributed by atoms with van der Waals surface area (Å²) in [5.74, 6) is 0. The molecular formula is C56H37N3O2. The molecule has 0 saturated carbocycles. The highest BCUT2D eigenvalue weighted by atomic mass is 16.3. The molecule has 0 amide bonds. The minimum Gasteiger partial charge on any atom is -0.456 e. The number of nitrogens with zero attached hydrogens (tertiary/aromatic N) is 2. The van der Waals surface area contributed by atoms with E-state index >= 15 is 0 Å². The van der Waals surface area contributed by atoms with Crippen molar-refractivity contribution in [3.05, 3.63) is 223 Å². The van der Waals surface area contributed by atoms with Crippen LogP contribution in [0.5, 0.6) is 0 Å². The van der Waals surface area contributed by atoms with E-state index in [0.717, 1.165) is 106 Å². The molecule has 12 rings (SSSR count). The van der Waals surface area contributed by atoms with Crippen molar-refractivity contribution in [2.75, 3.05) is 4.90 Å². The summed E-state index contributed by atoms with van der Waals surface area (Å²) in [6.07, 6.45) is 8.43. The van der Waals surface area contributed by atoms with E-state index in [1.807, 2.05) is 18.2 Å². The molecule has 61 heavy (non-hydrogen) atoms. The van der Waals surface area contributed by atoms with Gasteiger partial charge in [-0.25, -0.2) is 4.99 Å². The molecule has 2 aliphatic rings. The van der Waals surface area contributed by atoms with Gasteiger partial charge in [0, 0.05) is 50.1 Å². The van der Waals surface area contributed by atoms with Crippen LogP contribution in [0.1, 0.15) is 11.1 Å². The number of hydrogen-bond acceptors (Lipinski definition) is 5. The normalized spacial score (nSPS) is 14.8. The summed E-state index contributed by atoms with van der Waals surface area (Å²) in [5.41, 5.74) is 15.7. The Morgan fingerprint density at radius 1 is 0.443 bits per heavy atom. The predicted molar refractivity (Wildman–Crippen MR) is 252 cm³/mol. The monoisotopic (exact) mass is 783 g/mol. The number of benzene rings is 8. The third-order valence-corrected chi connectivity index (χ3v) is 11.9. The zero-order valence-corrected chi connectivity index (χ0v) is 33.0. The van der Waals surface area contributed by atoms with Crippen molar-refractivity contribution < 1.29 is 8.83 Å². The summed E-state index contributed by atoms with van der Waals surface area (Å²) in [7, 11) is 0. The van der Waals surface area contributed by atoms with Gasteiger partial charge in [-0.05, 0) is 82.9 Å². The van der Waals surface area contributed by atoms with E-state index in [2.05, 4.69) is 204 Å². The number of allylic oxidation sites excluding steroid dienone is 2. The van der Waals surface area contributed by atoms with E-state index in [0.29, 0.717) is 0 Å². The number of aliphatic imine (C=N–C) groups is 1. The molecule has 5 heteroatoms. The predicted octanol–water partition coefficient (Wildman–Crippen LogP) is 14.7. The fraction of sp³-hybridized carbons (Fsp3) is 0.0179. The Hall–Kier alpha value is -8.15. The van der Waals surface area contributed by atoms with E-state index in [-0.39, 0.29) is 6.04 Å². The quantitative estimate of drug-likeness (QED) is 0.175. The molecule has 0 fully saturated rings. The number of fused-ring (bicyclic) bond motifs is 7. The maximum atomic E-state index is 6.81. The van der Waals surface area contributed by atoms with E-state index in [1.54, 1.807) is 0 Å². The second-order valence-corrected chi connectivity index (χ2v) is 15.6. The molecule has 5 nitrogen and oxygen atoms in total. The number of anilines is 3. The summed E-state index contributed by atoms with van der Waals surface area (Å²) >= 11 is 0. The van der Waals surface area contributed by atoms with Crippen molar-refractivity contribution in [1.82, 2.24) is 5.32 Å². The van der Waals surface area contributed by atoms with Gasteiger partial charge in [0.15, 0.2) is 0 Å². The van der Waals surface area contributed by atoms with Crippen molar-refractivity contribution in [3.8, 4) is 22.3 Å². The van der Waals surface area contributed by atoms with Gasteiger partial charge in [0.05, 0.1) is 28.8 Å². The van der Waals surface area contributed by atoms with Crippen LogP contribution in [-0.2, 0) is 0 Å². The molecule has 1 aliphatic carbocycles. The summed E-state index contributed by atoms with van der Waals surface area (Å²) in [6, 6.07) is 65.9. The number of rotatable bonds is 7. The molecule has 1 unspecified atom stereocenters. The largest absolute Gasteiger partial charge is 0.456 e. The molecule has 3 heterocycles. The first-order valence-electron chi connectivity index (χ1n) is 20.6. The molecule has 10 aromatic rings. The van der Waals surface area contributed by atoms with Crippen molar-refractivity contribution in [2.24, 2.45) is 4.99 Å². The highest BCUT2D eigenvalue weighted by molar-refractivity contribution is 6.17. The molecule has 1 aliphatic heterocycles. The van der Waals surface area contributed by atoms with Crippen LogP contribution in [0.2, 0.25) is 0 Å². The number of para-hydroxylation sites is 2. The molecule has 0 spiro atoms. The van der Waals surface area contributed by atoms with Crippen LogP contribution in [0.3, 0.4) is 0 Å². The van der Waals surface area contributed by atoms with Gasteiger partial charge < -0.3 is 19.1 Å². The van der Waals surface area contributed by atoms with Crippen LogP contribution in [0.25, 0.3) is 77.5 Å². The lowest BCUT2D eigenvalue weighted by atomic mass is 9.93. The molecular weight excluding hydrogens is 747 g/mol. The van der Waals surface area contributed by atoms with Crippen molar-refractivity contribution in [1.29, 1.82) is 0 Å². The fourth-order valence-corrected chi connectivity index (χ4v) is 8.96. The highest BCUT2D eigenvalue weighted by Crippen LogP contribution is 2.45. The SMILES string of the molecule is C1=CC2=NC(c3cccc(-c4ccccc4)c3)=C(c3cc(N(c4ccc(-c5ccccc5)cc4)c4ccc5oc6ccccc6c5c4)cc4oc5ccccc5c34)NC2C=C1. The van der Waals surface area contributed by atoms with Gasteiger partial charge in [0.1, 0.15) is 22.3 Å². The maximum absolute atomic E-state index is 6.81. The molecule has 0 radical (unpaired) electrons. The first kappa shape index (κ1) is 34.9. The second-order valence-electron chi connectivity index (χ2n) is 15.6. The Balaban J connectivity index is 1.12. The second kappa shape index (κ2) is 14.3. The molecule has 8 aromatic carbocycles. The average Bonchev–Trinajstić information content (AvgIpc) is 3.90. The van der Waals surface area contributed by atoms with Gasteiger partial charge in [0.25, 0.3) is 0 Å². The molecule has 1 atom stereocenters.